The molecule has 2 aliphatic carbocycles. The largest absolute Gasteiger partial charge is 0.456 e. The van der Waals surface area contributed by atoms with Crippen molar-refractivity contribution in [2.24, 2.45) is 0 Å². The second-order valence-corrected chi connectivity index (χ2v) is 17.8. The number of rotatable bonds is 6. The van der Waals surface area contributed by atoms with Gasteiger partial charge in [-0.25, -0.2) is 15.0 Å². The van der Waals surface area contributed by atoms with Crippen molar-refractivity contribution in [3.8, 4) is 89.8 Å². The molecule has 0 atom stereocenters. The van der Waals surface area contributed by atoms with E-state index in [0.29, 0.717) is 17.5 Å². The van der Waals surface area contributed by atoms with Gasteiger partial charge in [-0.1, -0.05) is 200 Å². The highest BCUT2D eigenvalue weighted by Crippen LogP contribution is 2.63. The minimum atomic E-state index is -0.384. The second kappa shape index (κ2) is 15.0. The van der Waals surface area contributed by atoms with Gasteiger partial charge in [0.15, 0.2) is 17.5 Å². The minimum absolute atomic E-state index is 0.384. The van der Waals surface area contributed by atoms with E-state index >= 15 is 0 Å². The lowest BCUT2D eigenvalue weighted by Gasteiger charge is -2.30. The summed E-state index contributed by atoms with van der Waals surface area (Å²) in [5, 5.41) is 1.97. The molecule has 0 amide bonds. The molecule has 316 valence electrons. The van der Waals surface area contributed by atoms with Crippen LogP contribution in [0.25, 0.3) is 112 Å². The number of hydrogen-bond donors (Lipinski definition) is 0. The lowest BCUT2D eigenvalue weighted by atomic mass is 9.70. The Bertz CT molecular complexity index is 3840. The molecular formula is C64H39N3O. The summed E-state index contributed by atoms with van der Waals surface area (Å²) in [4.78, 5) is 15.8. The summed E-state index contributed by atoms with van der Waals surface area (Å²) in [6.07, 6.45) is 0. The van der Waals surface area contributed by atoms with E-state index in [9.17, 15) is 0 Å². The van der Waals surface area contributed by atoms with Crippen molar-refractivity contribution in [1.82, 2.24) is 15.0 Å². The standard InChI is InChI=1S/C64H39N3O/c1-3-16-40(17-4-1)42-20-13-22-46(36-42)61-65-62(47-23-14-21-43(37-47)41-18-5-2-6-19-41)67-63(66-61)51-27-15-31-59-60(51)53-39-45(33-35-58(53)68-59)44-32-34-57-52(38-44)50-26-9-12-30-56(50)64(57)54-28-10-7-24-48(54)49-25-8-11-29-55(49)64/h1-39H. The Morgan fingerprint density at radius 3 is 1.29 bits per heavy atom. The van der Waals surface area contributed by atoms with Gasteiger partial charge in [0.25, 0.3) is 0 Å². The maximum Gasteiger partial charge on any atom is 0.164 e. The Kier molecular flexibility index (Phi) is 8.46. The highest BCUT2D eigenvalue weighted by molar-refractivity contribution is 6.13. The highest BCUT2D eigenvalue weighted by atomic mass is 16.3. The molecule has 0 aliphatic heterocycles. The van der Waals surface area contributed by atoms with Gasteiger partial charge in [0.2, 0.25) is 0 Å². The van der Waals surface area contributed by atoms with Crippen LogP contribution in [0.15, 0.2) is 241 Å². The molecule has 0 fully saturated rings. The molecular weight excluding hydrogens is 827 g/mol. The summed E-state index contributed by atoms with van der Waals surface area (Å²) in [6.45, 7) is 0. The quantitative estimate of drug-likeness (QED) is 0.167. The predicted octanol–water partition coefficient (Wildman–Crippen LogP) is 16.1. The maximum absolute atomic E-state index is 6.64. The van der Waals surface area contributed by atoms with Gasteiger partial charge < -0.3 is 4.42 Å². The molecule has 14 rings (SSSR count). The molecule has 68 heavy (non-hydrogen) atoms. The smallest absolute Gasteiger partial charge is 0.164 e. The van der Waals surface area contributed by atoms with Crippen molar-refractivity contribution < 1.29 is 4.42 Å². The molecule has 12 aromatic rings. The molecule has 0 saturated heterocycles. The molecule has 10 aromatic carbocycles. The van der Waals surface area contributed by atoms with E-state index in [1.807, 2.05) is 24.3 Å². The van der Waals surface area contributed by atoms with Gasteiger partial charge in [-0.3, -0.25) is 0 Å². The molecule has 1 spiro atoms. The van der Waals surface area contributed by atoms with Gasteiger partial charge in [-0.05, 0) is 114 Å². The number of benzene rings is 10. The first kappa shape index (κ1) is 38.3. The van der Waals surface area contributed by atoms with Crippen molar-refractivity contribution in [3.05, 3.63) is 259 Å². The number of hydrogen-bond acceptors (Lipinski definition) is 4. The van der Waals surface area contributed by atoms with E-state index in [1.54, 1.807) is 0 Å². The van der Waals surface area contributed by atoms with Crippen molar-refractivity contribution in [1.29, 1.82) is 0 Å². The lowest BCUT2D eigenvalue weighted by molar-refractivity contribution is 0.669. The second-order valence-electron chi connectivity index (χ2n) is 17.8. The zero-order valence-corrected chi connectivity index (χ0v) is 36.8. The van der Waals surface area contributed by atoms with E-state index in [1.165, 1.54) is 44.5 Å². The summed E-state index contributed by atoms with van der Waals surface area (Å²) < 4.78 is 6.64. The first-order valence-electron chi connectivity index (χ1n) is 23.2. The van der Waals surface area contributed by atoms with E-state index in [4.69, 9.17) is 19.4 Å². The zero-order valence-electron chi connectivity index (χ0n) is 36.8. The monoisotopic (exact) mass is 865 g/mol. The van der Waals surface area contributed by atoms with Crippen LogP contribution in [0.2, 0.25) is 0 Å². The van der Waals surface area contributed by atoms with Gasteiger partial charge >= 0.3 is 0 Å². The van der Waals surface area contributed by atoms with Crippen molar-refractivity contribution in [3.63, 3.8) is 0 Å². The van der Waals surface area contributed by atoms with Crippen LogP contribution in [0.1, 0.15) is 22.3 Å². The Hall–Kier alpha value is -8.99. The highest BCUT2D eigenvalue weighted by Gasteiger charge is 2.51. The first-order valence-corrected chi connectivity index (χ1v) is 23.2. The minimum Gasteiger partial charge on any atom is -0.456 e. The Morgan fingerprint density at radius 2 is 0.691 bits per heavy atom. The van der Waals surface area contributed by atoms with Crippen molar-refractivity contribution >= 4 is 21.9 Å². The summed E-state index contributed by atoms with van der Waals surface area (Å²) in [5.41, 5.74) is 21.1. The summed E-state index contributed by atoms with van der Waals surface area (Å²) in [5.74, 6) is 1.78. The molecule has 0 unspecified atom stereocenters. The summed E-state index contributed by atoms with van der Waals surface area (Å²) >= 11 is 0. The molecule has 2 aromatic heterocycles. The Morgan fingerprint density at radius 1 is 0.265 bits per heavy atom. The van der Waals surface area contributed by atoms with Crippen LogP contribution in [-0.4, -0.2) is 15.0 Å². The fraction of sp³-hybridized carbons (Fsp3) is 0.0156. The van der Waals surface area contributed by atoms with E-state index in [-0.39, 0.29) is 5.41 Å². The average molecular weight is 866 g/mol. The summed E-state index contributed by atoms with van der Waals surface area (Å²) in [7, 11) is 0. The third kappa shape index (κ3) is 5.77. The topological polar surface area (TPSA) is 51.8 Å². The van der Waals surface area contributed by atoms with Crippen molar-refractivity contribution in [2.45, 2.75) is 5.41 Å². The van der Waals surface area contributed by atoms with Gasteiger partial charge in [0.05, 0.1) is 5.41 Å². The van der Waals surface area contributed by atoms with E-state index in [2.05, 4.69) is 212 Å². The molecule has 2 heterocycles. The van der Waals surface area contributed by atoms with Gasteiger partial charge in [0, 0.05) is 27.5 Å². The third-order valence-electron chi connectivity index (χ3n) is 14.2. The van der Waals surface area contributed by atoms with Crippen LogP contribution >= 0.6 is 0 Å². The SMILES string of the molecule is c1ccc(-c2cccc(-c3nc(-c4cccc(-c5ccccc5)c4)nc(-c4cccc5oc6ccc(-c7ccc8c(c7)-c7ccccc7C87c8ccccc8-c8ccccc87)cc6c45)n3)c2)cc1. The van der Waals surface area contributed by atoms with Crippen LogP contribution in [0.4, 0.5) is 0 Å². The Balaban J connectivity index is 0.935. The van der Waals surface area contributed by atoms with Crippen LogP contribution < -0.4 is 0 Å². The van der Waals surface area contributed by atoms with Crippen molar-refractivity contribution in [2.75, 3.05) is 0 Å². The van der Waals surface area contributed by atoms with Crippen LogP contribution in [-0.2, 0) is 5.41 Å². The average Bonchev–Trinajstić information content (AvgIpc) is 4.05. The normalized spacial score (nSPS) is 12.8. The third-order valence-corrected chi connectivity index (χ3v) is 14.2. The molecule has 0 radical (unpaired) electrons. The molecule has 0 saturated carbocycles. The zero-order chi connectivity index (χ0) is 44.8. The Labute approximate surface area is 393 Å². The summed E-state index contributed by atoms with van der Waals surface area (Å²) in [6, 6.07) is 84.5. The first-order chi connectivity index (χ1) is 33.7. The lowest BCUT2D eigenvalue weighted by Crippen LogP contribution is -2.25. The number of nitrogens with zero attached hydrogens (tertiary/aromatic N) is 3. The molecule has 4 heteroatoms. The van der Waals surface area contributed by atoms with E-state index < -0.39 is 0 Å². The van der Waals surface area contributed by atoms with Crippen LogP contribution in [0.3, 0.4) is 0 Å². The number of furan rings is 1. The molecule has 0 N–H and O–H groups in total. The molecule has 2 aliphatic rings. The van der Waals surface area contributed by atoms with Gasteiger partial charge in [-0.15, -0.1) is 0 Å². The van der Waals surface area contributed by atoms with Crippen LogP contribution in [0.5, 0.6) is 0 Å². The number of aromatic nitrogens is 3. The maximum atomic E-state index is 6.64. The fourth-order valence-corrected chi connectivity index (χ4v) is 11.2. The van der Waals surface area contributed by atoms with Gasteiger partial charge in [-0.2, -0.15) is 0 Å². The van der Waals surface area contributed by atoms with E-state index in [0.717, 1.165) is 72.0 Å². The predicted molar refractivity (Wildman–Crippen MR) is 276 cm³/mol. The molecule has 0 bridgehead atoms. The fourth-order valence-electron chi connectivity index (χ4n) is 11.2. The number of fused-ring (bicyclic) bond motifs is 13. The van der Waals surface area contributed by atoms with Crippen LogP contribution in [0, 0.1) is 0 Å². The molecule has 4 nitrogen and oxygen atoms in total. The van der Waals surface area contributed by atoms with Gasteiger partial charge in [0.1, 0.15) is 11.2 Å².